The van der Waals surface area contributed by atoms with Crippen molar-refractivity contribution in [2.24, 2.45) is 5.92 Å². The third kappa shape index (κ3) is 3.23. The Morgan fingerprint density at radius 2 is 2.04 bits per heavy atom. The first-order chi connectivity index (χ1) is 12.5. The quantitative estimate of drug-likeness (QED) is 0.687. The molecular formula is C18H23N5OS2. The Balaban J connectivity index is 1.38. The third-order valence-corrected chi connectivity index (χ3v) is 6.82. The lowest BCUT2D eigenvalue weighted by atomic mass is 9.95. The van der Waals surface area contributed by atoms with Gasteiger partial charge in [-0.15, -0.1) is 22.7 Å². The van der Waals surface area contributed by atoms with E-state index in [1.807, 2.05) is 37.4 Å². The van der Waals surface area contributed by atoms with Gasteiger partial charge in [-0.2, -0.15) is 0 Å². The fraction of sp³-hybridized carbons (Fsp3) is 0.500. The van der Waals surface area contributed by atoms with Crippen molar-refractivity contribution in [2.75, 3.05) is 25.0 Å². The minimum atomic E-state index is 0.100. The fourth-order valence-electron chi connectivity index (χ4n) is 3.55. The Bertz CT molecular complexity index is 919. The summed E-state index contributed by atoms with van der Waals surface area (Å²) in [6.07, 6.45) is 3.81. The number of rotatable bonds is 4. The van der Waals surface area contributed by atoms with Crippen LogP contribution in [0.4, 0.5) is 5.13 Å². The summed E-state index contributed by atoms with van der Waals surface area (Å²) in [5.74, 6) is 0.341. The molecule has 0 radical (unpaired) electrons. The molecule has 1 saturated heterocycles. The topological polar surface area (TPSA) is 53.7 Å². The molecule has 6 nitrogen and oxygen atoms in total. The van der Waals surface area contributed by atoms with Crippen LogP contribution in [0.2, 0.25) is 0 Å². The van der Waals surface area contributed by atoms with Crippen molar-refractivity contribution in [1.82, 2.24) is 19.3 Å². The number of hydrogen-bond acceptors (Lipinski definition) is 6. The van der Waals surface area contributed by atoms with Crippen molar-refractivity contribution in [1.29, 1.82) is 0 Å². The molecule has 3 aromatic rings. The van der Waals surface area contributed by atoms with Crippen LogP contribution in [-0.2, 0) is 11.3 Å². The van der Waals surface area contributed by atoms with E-state index in [-0.39, 0.29) is 11.8 Å². The lowest BCUT2D eigenvalue weighted by Crippen LogP contribution is -2.41. The van der Waals surface area contributed by atoms with Gasteiger partial charge in [0.2, 0.25) is 5.91 Å². The lowest BCUT2D eigenvalue weighted by molar-refractivity contribution is -0.135. The molecule has 0 aliphatic carbocycles. The van der Waals surface area contributed by atoms with Crippen LogP contribution >= 0.6 is 22.7 Å². The second kappa shape index (κ2) is 7.00. The number of nitrogens with zero attached hydrogens (tertiary/aromatic N) is 5. The number of imidazole rings is 1. The van der Waals surface area contributed by atoms with E-state index in [0.717, 1.165) is 53.1 Å². The molecule has 0 aromatic carbocycles. The van der Waals surface area contributed by atoms with E-state index in [2.05, 4.69) is 24.6 Å². The van der Waals surface area contributed by atoms with Gasteiger partial charge in [0.15, 0.2) is 10.1 Å². The van der Waals surface area contributed by atoms with Gasteiger partial charge >= 0.3 is 0 Å². The molecule has 1 aliphatic heterocycles. The summed E-state index contributed by atoms with van der Waals surface area (Å²) in [7, 11) is 1.91. The van der Waals surface area contributed by atoms with Crippen molar-refractivity contribution >= 4 is 38.7 Å². The van der Waals surface area contributed by atoms with E-state index in [1.54, 1.807) is 22.7 Å². The van der Waals surface area contributed by atoms with Gasteiger partial charge in [0.1, 0.15) is 0 Å². The first kappa shape index (κ1) is 17.5. The Kier molecular flexibility index (Phi) is 4.71. The van der Waals surface area contributed by atoms with E-state index in [4.69, 9.17) is 0 Å². The van der Waals surface area contributed by atoms with Crippen LogP contribution < -0.4 is 4.90 Å². The zero-order valence-corrected chi connectivity index (χ0v) is 16.9. The predicted molar refractivity (Wildman–Crippen MR) is 106 cm³/mol. The van der Waals surface area contributed by atoms with E-state index >= 15 is 0 Å². The predicted octanol–water partition coefficient (Wildman–Crippen LogP) is 3.34. The van der Waals surface area contributed by atoms with Gasteiger partial charge in [0.25, 0.3) is 0 Å². The van der Waals surface area contributed by atoms with Crippen LogP contribution in [0.15, 0.2) is 17.0 Å². The summed E-state index contributed by atoms with van der Waals surface area (Å²) < 4.78 is 2.09. The van der Waals surface area contributed by atoms with Crippen LogP contribution in [0, 0.1) is 19.8 Å². The highest BCUT2D eigenvalue weighted by Crippen LogP contribution is 2.27. The monoisotopic (exact) mass is 389 g/mol. The first-order valence-electron chi connectivity index (χ1n) is 8.86. The van der Waals surface area contributed by atoms with Crippen molar-refractivity contribution in [2.45, 2.75) is 33.2 Å². The number of aromatic nitrogens is 3. The molecular weight excluding hydrogens is 366 g/mol. The van der Waals surface area contributed by atoms with Crippen molar-refractivity contribution < 1.29 is 4.79 Å². The zero-order chi connectivity index (χ0) is 18.3. The number of piperidine rings is 1. The molecule has 0 N–H and O–H groups in total. The molecule has 26 heavy (non-hydrogen) atoms. The number of anilines is 1. The molecule has 4 rings (SSSR count). The molecule has 0 atom stereocenters. The summed E-state index contributed by atoms with van der Waals surface area (Å²) in [5, 5.41) is 5.19. The number of thiazole rings is 2. The maximum absolute atomic E-state index is 12.9. The number of carbonyl (C=O) groups is 1. The maximum atomic E-state index is 12.9. The highest BCUT2D eigenvalue weighted by Gasteiger charge is 2.28. The van der Waals surface area contributed by atoms with Gasteiger partial charge in [0, 0.05) is 43.0 Å². The Morgan fingerprint density at radius 3 is 2.73 bits per heavy atom. The molecule has 1 fully saturated rings. The summed E-state index contributed by atoms with van der Waals surface area (Å²) in [4.78, 5) is 27.2. The molecule has 0 spiro atoms. The summed E-state index contributed by atoms with van der Waals surface area (Å²) in [6.45, 7) is 6.44. The highest BCUT2D eigenvalue weighted by atomic mass is 32.1. The molecule has 1 amide bonds. The highest BCUT2D eigenvalue weighted by molar-refractivity contribution is 7.15. The van der Waals surface area contributed by atoms with E-state index < -0.39 is 0 Å². The molecule has 138 valence electrons. The summed E-state index contributed by atoms with van der Waals surface area (Å²) >= 11 is 3.31. The largest absolute Gasteiger partial charge is 0.348 e. The number of aryl methyl sites for hydroxylation is 2. The molecule has 4 heterocycles. The molecule has 1 aliphatic rings. The normalized spacial score (nSPS) is 15.7. The second-order valence-corrected chi connectivity index (χ2v) is 8.64. The SMILES string of the molecule is Cc1csc(N2CCC(C(=O)N(C)Cc3c(C)nc4sccn34)CC2)n1. The standard InChI is InChI=1S/C18H23N5OS2/c1-12-11-26-17(19-12)22-6-4-14(5-7-22)16(24)21(3)10-15-13(2)20-18-23(15)8-9-25-18/h8-9,11,14H,4-7,10H2,1-3H3. The minimum absolute atomic E-state index is 0.100. The molecule has 0 saturated carbocycles. The van der Waals surface area contributed by atoms with Gasteiger partial charge in [-0.1, -0.05) is 0 Å². The van der Waals surface area contributed by atoms with Gasteiger partial charge in [-0.3, -0.25) is 9.20 Å². The molecule has 0 bridgehead atoms. The molecule has 0 unspecified atom stereocenters. The summed E-state index contributed by atoms with van der Waals surface area (Å²) in [6, 6.07) is 0. The van der Waals surface area contributed by atoms with E-state index in [0.29, 0.717) is 6.54 Å². The Hall–Kier alpha value is -1.93. The van der Waals surface area contributed by atoms with Crippen molar-refractivity contribution in [3.05, 3.63) is 34.0 Å². The number of fused-ring (bicyclic) bond motifs is 1. The van der Waals surface area contributed by atoms with Crippen molar-refractivity contribution in [3.8, 4) is 0 Å². The minimum Gasteiger partial charge on any atom is -0.348 e. The summed E-state index contributed by atoms with van der Waals surface area (Å²) in [5.41, 5.74) is 3.18. The van der Waals surface area contributed by atoms with Crippen LogP contribution in [0.3, 0.4) is 0 Å². The van der Waals surface area contributed by atoms with Gasteiger partial charge < -0.3 is 9.80 Å². The smallest absolute Gasteiger partial charge is 0.225 e. The first-order valence-corrected chi connectivity index (χ1v) is 10.6. The van der Waals surface area contributed by atoms with Gasteiger partial charge in [-0.05, 0) is 26.7 Å². The number of amides is 1. The fourth-order valence-corrected chi connectivity index (χ4v) is 5.19. The number of hydrogen-bond donors (Lipinski definition) is 0. The van der Waals surface area contributed by atoms with Gasteiger partial charge in [-0.25, -0.2) is 9.97 Å². The third-order valence-electron chi connectivity index (χ3n) is 5.05. The molecule has 8 heteroatoms. The van der Waals surface area contributed by atoms with Gasteiger partial charge in [0.05, 0.1) is 23.6 Å². The lowest BCUT2D eigenvalue weighted by Gasteiger charge is -2.33. The van der Waals surface area contributed by atoms with E-state index in [9.17, 15) is 4.79 Å². The maximum Gasteiger partial charge on any atom is 0.225 e. The van der Waals surface area contributed by atoms with Crippen LogP contribution in [-0.4, -0.2) is 45.3 Å². The average Bonchev–Trinajstić information content (AvgIpc) is 3.33. The number of carbonyl (C=O) groups excluding carboxylic acids is 1. The van der Waals surface area contributed by atoms with Crippen LogP contribution in [0.5, 0.6) is 0 Å². The Morgan fingerprint density at radius 1 is 1.27 bits per heavy atom. The van der Waals surface area contributed by atoms with Crippen LogP contribution in [0.1, 0.15) is 29.9 Å². The van der Waals surface area contributed by atoms with Crippen molar-refractivity contribution in [3.63, 3.8) is 0 Å². The zero-order valence-electron chi connectivity index (χ0n) is 15.3. The second-order valence-electron chi connectivity index (χ2n) is 6.93. The molecule has 3 aromatic heterocycles. The average molecular weight is 390 g/mol. The van der Waals surface area contributed by atoms with Crippen LogP contribution in [0.25, 0.3) is 4.96 Å². The van der Waals surface area contributed by atoms with E-state index in [1.165, 1.54) is 0 Å². The Labute approximate surface area is 161 Å².